The van der Waals surface area contributed by atoms with Gasteiger partial charge in [-0.15, -0.1) is 22.7 Å². The summed E-state index contributed by atoms with van der Waals surface area (Å²) >= 11 is 3.24. The van der Waals surface area contributed by atoms with Crippen molar-refractivity contribution >= 4 is 44.3 Å². The van der Waals surface area contributed by atoms with Gasteiger partial charge < -0.3 is 37.0 Å². The second-order valence-corrected chi connectivity index (χ2v) is 11.2. The highest BCUT2D eigenvalue weighted by Crippen LogP contribution is 2.27. The van der Waals surface area contributed by atoms with Gasteiger partial charge in [-0.25, -0.2) is 9.97 Å². The summed E-state index contributed by atoms with van der Waals surface area (Å²) in [4.78, 5) is 9.77. The summed E-state index contributed by atoms with van der Waals surface area (Å²) in [5, 5.41) is 12.9. The van der Waals surface area contributed by atoms with Gasteiger partial charge in [0.1, 0.15) is 49.1 Å². The maximum Gasteiger partial charge on any atom is 0.187 e. The number of halogens is 1. The van der Waals surface area contributed by atoms with E-state index < -0.39 is 0 Å². The van der Waals surface area contributed by atoms with Gasteiger partial charge in [0.25, 0.3) is 0 Å². The Morgan fingerprint density at radius 3 is 1.65 bits per heavy atom. The molecule has 10 heteroatoms. The van der Waals surface area contributed by atoms with Crippen molar-refractivity contribution < 1.29 is 26.4 Å². The van der Waals surface area contributed by atoms with Crippen LogP contribution in [0.4, 0.5) is 21.6 Å². The number of hydrogen-bond acceptors (Lipinski definition) is 8. The molecule has 0 radical (unpaired) electrons. The van der Waals surface area contributed by atoms with Crippen LogP contribution in [-0.2, 0) is 13.1 Å². The number of quaternary nitrogens is 1. The summed E-state index contributed by atoms with van der Waals surface area (Å²) in [5.74, 6) is 1.64. The number of rotatable bonds is 13. The van der Waals surface area contributed by atoms with Crippen LogP contribution in [0.15, 0.2) is 95.7 Å². The Balaban J connectivity index is 0.00000370. The first-order valence-corrected chi connectivity index (χ1v) is 14.5. The van der Waals surface area contributed by atoms with Gasteiger partial charge in [-0.05, 0) is 48.5 Å². The highest BCUT2D eigenvalue weighted by atomic mass is 35.5. The Kier molecular flexibility index (Phi) is 10.4. The number of para-hydroxylation sites is 2. The number of likely N-dealkylation sites (N-methyl/N-ethyl adjacent to an activating group) is 1. The molecular weight excluding hydrogens is 562 g/mol. The molecule has 0 saturated carbocycles. The average Bonchev–Trinajstić information content (AvgIpc) is 3.58. The molecule has 7 nitrogen and oxygen atoms in total. The van der Waals surface area contributed by atoms with Crippen LogP contribution in [0.3, 0.4) is 0 Å². The number of methoxy groups -OCH3 is 1. The van der Waals surface area contributed by atoms with Crippen LogP contribution in [0.5, 0.6) is 11.5 Å². The molecule has 5 rings (SSSR count). The number of benzene rings is 3. The lowest BCUT2D eigenvalue weighted by Crippen LogP contribution is -3.00. The fraction of sp³-hybridized carbons (Fsp3) is 0.200. The predicted molar refractivity (Wildman–Crippen MR) is 161 cm³/mol. The summed E-state index contributed by atoms with van der Waals surface area (Å²) in [7, 11) is 3.90. The first kappa shape index (κ1) is 29.4. The average molecular weight is 594 g/mol. The molecule has 0 bridgehead atoms. The molecule has 5 aromatic rings. The Morgan fingerprint density at radius 1 is 0.700 bits per heavy atom. The lowest BCUT2D eigenvalue weighted by molar-refractivity contribution is -0.936. The summed E-state index contributed by atoms with van der Waals surface area (Å²) in [6.45, 7) is 2.89. The Hall–Kier alpha value is -3.63. The largest absolute Gasteiger partial charge is 1.00 e. The molecule has 0 amide bonds. The third kappa shape index (κ3) is 8.43. The smallest absolute Gasteiger partial charge is 0.187 e. The highest BCUT2D eigenvalue weighted by Gasteiger charge is 2.26. The molecule has 0 aliphatic rings. The second kappa shape index (κ2) is 14.1. The summed E-state index contributed by atoms with van der Waals surface area (Å²) in [6, 6.07) is 28.0. The lowest BCUT2D eigenvalue weighted by Gasteiger charge is -2.33. The number of nitrogens with zero attached hydrogens (tertiary/aromatic N) is 3. The van der Waals surface area contributed by atoms with Crippen LogP contribution in [-0.4, -0.2) is 41.8 Å². The normalized spacial score (nSPS) is 10.9. The van der Waals surface area contributed by atoms with Crippen molar-refractivity contribution in [3.8, 4) is 11.5 Å². The van der Waals surface area contributed by atoms with Gasteiger partial charge in [-0.3, -0.25) is 0 Å². The van der Waals surface area contributed by atoms with E-state index in [1.54, 1.807) is 29.8 Å². The molecule has 2 aromatic heterocycles. The Bertz CT molecular complexity index is 1360. The van der Waals surface area contributed by atoms with Crippen molar-refractivity contribution in [2.45, 2.75) is 13.1 Å². The van der Waals surface area contributed by atoms with Crippen molar-refractivity contribution in [3.63, 3.8) is 0 Å². The van der Waals surface area contributed by atoms with Crippen LogP contribution >= 0.6 is 22.7 Å². The summed E-state index contributed by atoms with van der Waals surface area (Å²) in [6.07, 6.45) is 0. The van der Waals surface area contributed by atoms with Crippen molar-refractivity contribution in [2.75, 3.05) is 37.9 Å². The van der Waals surface area contributed by atoms with E-state index in [-0.39, 0.29) is 12.4 Å². The van der Waals surface area contributed by atoms with E-state index in [0.29, 0.717) is 11.1 Å². The van der Waals surface area contributed by atoms with Crippen molar-refractivity contribution in [1.82, 2.24) is 9.97 Å². The van der Waals surface area contributed by atoms with Crippen LogP contribution in [0.2, 0.25) is 0 Å². The SMILES string of the molecule is COc1ccc(OCC[N+](C)(Cc2csc(Nc3ccccc3)n2)Cc2csc(Nc3ccccc3)n2)cc1.[Cl-]. The third-order valence-corrected chi connectivity index (χ3v) is 7.81. The molecule has 0 aliphatic heterocycles. The standard InChI is InChI=1S/C30H32N5O2S2.ClH/c1-35(17-18-37-28-15-13-27(36-2)14-16-28,19-25-21-38-29(33-25)31-23-9-5-3-6-10-23)20-26-22-39-30(34-26)32-24-11-7-4-8-12-24;/h3-16,21-22H,17-20H2,1-2H3,(H,31,33)(H,32,34);1H/q+1;/p-1. The van der Waals surface area contributed by atoms with Gasteiger partial charge in [-0.2, -0.15) is 0 Å². The number of aromatic nitrogens is 2. The van der Waals surface area contributed by atoms with E-state index in [2.05, 4.69) is 28.4 Å². The molecule has 40 heavy (non-hydrogen) atoms. The quantitative estimate of drug-likeness (QED) is 0.198. The van der Waals surface area contributed by atoms with Crippen LogP contribution in [0, 0.1) is 0 Å². The summed E-state index contributed by atoms with van der Waals surface area (Å²) < 4.78 is 12.1. The van der Waals surface area contributed by atoms with E-state index in [4.69, 9.17) is 19.4 Å². The van der Waals surface area contributed by atoms with E-state index in [9.17, 15) is 0 Å². The molecule has 0 spiro atoms. The van der Waals surface area contributed by atoms with E-state index in [0.717, 1.165) is 64.2 Å². The minimum Gasteiger partial charge on any atom is -1.00 e. The van der Waals surface area contributed by atoms with E-state index in [1.165, 1.54) is 0 Å². The molecule has 0 unspecified atom stereocenters. The molecule has 0 aliphatic carbocycles. The van der Waals surface area contributed by atoms with E-state index >= 15 is 0 Å². The highest BCUT2D eigenvalue weighted by molar-refractivity contribution is 7.14. The van der Waals surface area contributed by atoms with Crippen molar-refractivity contribution in [3.05, 3.63) is 107 Å². The van der Waals surface area contributed by atoms with Gasteiger partial charge in [0.15, 0.2) is 10.3 Å². The van der Waals surface area contributed by atoms with Gasteiger partial charge in [0, 0.05) is 22.1 Å². The molecule has 2 heterocycles. The Labute approximate surface area is 249 Å². The molecule has 0 saturated heterocycles. The molecule has 0 atom stereocenters. The fourth-order valence-corrected chi connectivity index (χ4v) is 5.66. The number of nitrogens with one attached hydrogen (secondary N) is 2. The number of thiazole rings is 2. The maximum atomic E-state index is 6.11. The Morgan fingerprint density at radius 2 is 1.18 bits per heavy atom. The van der Waals surface area contributed by atoms with Gasteiger partial charge in [-0.1, -0.05) is 36.4 Å². The topological polar surface area (TPSA) is 68.3 Å². The minimum absolute atomic E-state index is 0. The molecule has 208 valence electrons. The number of ether oxygens (including phenoxy) is 2. The monoisotopic (exact) mass is 593 g/mol. The second-order valence-electron chi connectivity index (χ2n) is 9.45. The fourth-order valence-electron chi connectivity index (χ4n) is 4.22. The van der Waals surface area contributed by atoms with Crippen molar-refractivity contribution in [1.29, 1.82) is 0 Å². The third-order valence-electron chi connectivity index (χ3n) is 6.20. The summed E-state index contributed by atoms with van der Waals surface area (Å²) in [5.41, 5.74) is 4.15. The zero-order valence-electron chi connectivity index (χ0n) is 22.4. The zero-order valence-corrected chi connectivity index (χ0v) is 24.8. The molecule has 3 aromatic carbocycles. The van der Waals surface area contributed by atoms with Gasteiger partial charge in [0.2, 0.25) is 0 Å². The van der Waals surface area contributed by atoms with E-state index in [1.807, 2.05) is 84.9 Å². The van der Waals surface area contributed by atoms with Crippen molar-refractivity contribution in [2.24, 2.45) is 0 Å². The number of hydrogen-bond donors (Lipinski definition) is 2. The van der Waals surface area contributed by atoms with Crippen LogP contribution in [0.1, 0.15) is 11.4 Å². The van der Waals surface area contributed by atoms with Gasteiger partial charge >= 0.3 is 0 Å². The zero-order chi connectivity index (χ0) is 26.9. The minimum atomic E-state index is 0. The molecule has 2 N–H and O–H groups in total. The predicted octanol–water partition coefficient (Wildman–Crippen LogP) is 4.33. The van der Waals surface area contributed by atoms with Gasteiger partial charge in [0.05, 0.1) is 14.2 Å². The first-order valence-electron chi connectivity index (χ1n) is 12.7. The molecular formula is C30H32ClN5O2S2. The maximum absolute atomic E-state index is 6.11. The first-order chi connectivity index (χ1) is 19.1. The van der Waals surface area contributed by atoms with Crippen LogP contribution in [0.25, 0.3) is 0 Å². The lowest BCUT2D eigenvalue weighted by atomic mass is 10.3. The molecule has 0 fully saturated rings. The number of anilines is 4. The van der Waals surface area contributed by atoms with Crippen LogP contribution < -0.4 is 32.5 Å².